The van der Waals surface area contributed by atoms with Crippen molar-refractivity contribution in [2.75, 3.05) is 22.1 Å². The summed E-state index contributed by atoms with van der Waals surface area (Å²) in [4.78, 5) is 23.3. The lowest BCUT2D eigenvalue weighted by atomic mass is 9.98. The van der Waals surface area contributed by atoms with Gasteiger partial charge in [0.1, 0.15) is 5.03 Å². The van der Waals surface area contributed by atoms with E-state index in [-0.39, 0.29) is 6.03 Å². The monoisotopic (exact) mass is 542 g/mol. The van der Waals surface area contributed by atoms with Crippen LogP contribution in [0.2, 0.25) is 10.0 Å². The zero-order valence-electron chi connectivity index (χ0n) is 19.5. The fourth-order valence-electron chi connectivity index (χ4n) is 3.77. The molecular formula is C26H24Cl2N4OS2. The van der Waals surface area contributed by atoms with Gasteiger partial charge in [0.15, 0.2) is 0 Å². The molecule has 4 rings (SSSR count). The van der Waals surface area contributed by atoms with E-state index in [1.54, 1.807) is 35.9 Å². The van der Waals surface area contributed by atoms with Crippen LogP contribution >= 0.6 is 46.7 Å². The lowest BCUT2D eigenvalue weighted by molar-refractivity contribution is 0.262. The summed E-state index contributed by atoms with van der Waals surface area (Å²) < 4.78 is 0. The van der Waals surface area contributed by atoms with Gasteiger partial charge in [-0.3, -0.25) is 4.98 Å². The molecule has 0 saturated carbocycles. The van der Waals surface area contributed by atoms with E-state index < -0.39 is 0 Å². The van der Waals surface area contributed by atoms with E-state index in [9.17, 15) is 4.79 Å². The average Bonchev–Trinajstić information content (AvgIpc) is 2.82. The van der Waals surface area contributed by atoms with Crippen LogP contribution in [-0.4, -0.2) is 27.5 Å². The lowest BCUT2D eigenvalue weighted by Gasteiger charge is -2.18. The molecule has 35 heavy (non-hydrogen) atoms. The summed E-state index contributed by atoms with van der Waals surface area (Å²) >= 11 is 16.3. The maximum atomic E-state index is 13.3. The third-order valence-corrected chi connectivity index (χ3v) is 7.59. The van der Waals surface area contributed by atoms with E-state index in [4.69, 9.17) is 23.2 Å². The topological polar surface area (TPSA) is 66.9 Å². The predicted octanol–water partition coefficient (Wildman–Crippen LogP) is 8.78. The molecule has 5 nitrogen and oxygen atoms in total. The number of anilines is 2. The number of carbonyl (C=O) groups excluding carboxylic acids is 1. The Morgan fingerprint density at radius 3 is 2.49 bits per heavy atom. The summed E-state index contributed by atoms with van der Waals surface area (Å²) in [6, 6.07) is 12.9. The highest BCUT2D eigenvalue weighted by molar-refractivity contribution is 8.00. The van der Waals surface area contributed by atoms with Gasteiger partial charge in [-0.25, -0.2) is 9.78 Å². The second-order valence-corrected chi connectivity index (χ2v) is 11.0. The van der Waals surface area contributed by atoms with Crippen molar-refractivity contribution in [1.82, 2.24) is 9.97 Å². The van der Waals surface area contributed by atoms with Crippen molar-refractivity contribution < 1.29 is 4.79 Å². The Morgan fingerprint density at radius 2 is 1.74 bits per heavy atom. The lowest BCUT2D eigenvalue weighted by Crippen LogP contribution is -2.21. The van der Waals surface area contributed by atoms with Crippen molar-refractivity contribution in [3.05, 3.63) is 70.5 Å². The Kier molecular flexibility index (Phi) is 8.44. The molecule has 0 atom stereocenters. The molecule has 2 N–H and O–H groups in total. The smallest absolute Gasteiger partial charge is 0.306 e. The molecule has 0 bridgehead atoms. The Balaban J connectivity index is 1.79. The van der Waals surface area contributed by atoms with Crippen LogP contribution in [0.4, 0.5) is 16.2 Å². The number of fused-ring (bicyclic) bond motifs is 1. The van der Waals surface area contributed by atoms with Crippen molar-refractivity contribution in [2.24, 2.45) is 0 Å². The molecule has 2 aromatic carbocycles. The largest absolute Gasteiger partial charge is 0.323 e. The van der Waals surface area contributed by atoms with Crippen LogP contribution in [0.25, 0.3) is 22.0 Å². The van der Waals surface area contributed by atoms with Crippen molar-refractivity contribution in [3.63, 3.8) is 0 Å². The average molecular weight is 544 g/mol. The van der Waals surface area contributed by atoms with Crippen LogP contribution in [0.1, 0.15) is 19.4 Å². The maximum absolute atomic E-state index is 13.3. The number of benzene rings is 2. The summed E-state index contributed by atoms with van der Waals surface area (Å²) in [6.45, 7) is 6.10. The molecule has 0 aliphatic carbocycles. The summed E-state index contributed by atoms with van der Waals surface area (Å²) in [5, 5.41) is 8.72. The third kappa shape index (κ3) is 5.70. The summed E-state index contributed by atoms with van der Waals surface area (Å²) in [5.41, 5.74) is 4.41. The van der Waals surface area contributed by atoms with Crippen LogP contribution in [0.5, 0.6) is 0 Å². The maximum Gasteiger partial charge on any atom is 0.323 e. The number of aryl methyl sites for hydroxylation is 1. The number of nitrogens with zero attached hydrogens (tertiary/aromatic N) is 2. The van der Waals surface area contributed by atoms with Crippen LogP contribution < -0.4 is 10.6 Å². The molecule has 0 saturated heterocycles. The summed E-state index contributed by atoms with van der Waals surface area (Å²) in [7, 11) is 0. The van der Waals surface area contributed by atoms with Crippen LogP contribution in [0.3, 0.4) is 0 Å². The molecule has 2 heterocycles. The predicted molar refractivity (Wildman–Crippen MR) is 152 cm³/mol. The minimum absolute atomic E-state index is 0.387. The summed E-state index contributed by atoms with van der Waals surface area (Å²) in [5.74, 6) is 1.72. The van der Waals surface area contributed by atoms with Gasteiger partial charge in [-0.1, -0.05) is 55.2 Å². The molecular weight excluding hydrogens is 519 g/mol. The highest BCUT2D eigenvalue weighted by atomic mass is 35.5. The Hall–Kier alpha value is -2.45. The van der Waals surface area contributed by atoms with Gasteiger partial charge in [-0.05, 0) is 48.3 Å². The molecule has 0 fully saturated rings. The van der Waals surface area contributed by atoms with E-state index >= 15 is 0 Å². The fraction of sp³-hybridized carbons (Fsp3) is 0.192. The van der Waals surface area contributed by atoms with Gasteiger partial charge in [-0.15, -0.1) is 23.5 Å². The number of carbonyl (C=O) groups is 1. The summed E-state index contributed by atoms with van der Waals surface area (Å²) in [6.07, 6.45) is 3.39. The highest BCUT2D eigenvalue weighted by Gasteiger charge is 2.19. The number of rotatable bonds is 7. The van der Waals surface area contributed by atoms with Gasteiger partial charge in [0.05, 0.1) is 28.1 Å². The first-order chi connectivity index (χ1) is 16.9. The number of hydrogen-bond acceptors (Lipinski definition) is 5. The van der Waals surface area contributed by atoms with E-state index in [1.807, 2.05) is 49.4 Å². The van der Waals surface area contributed by atoms with Gasteiger partial charge >= 0.3 is 6.03 Å². The minimum atomic E-state index is -0.387. The normalized spacial score (nSPS) is 11.0. The van der Waals surface area contributed by atoms with E-state index in [1.165, 1.54) is 0 Å². The van der Waals surface area contributed by atoms with Gasteiger partial charge in [-0.2, -0.15) is 0 Å². The first kappa shape index (κ1) is 25.6. The van der Waals surface area contributed by atoms with Crippen LogP contribution in [0.15, 0.2) is 64.8 Å². The van der Waals surface area contributed by atoms with Crippen molar-refractivity contribution >= 4 is 75.0 Å². The fourth-order valence-corrected chi connectivity index (χ4v) is 5.87. The zero-order valence-corrected chi connectivity index (χ0v) is 22.6. The molecule has 0 aliphatic heterocycles. The second kappa shape index (κ2) is 11.5. The van der Waals surface area contributed by atoms with Crippen molar-refractivity contribution in [2.45, 2.75) is 30.7 Å². The first-order valence-corrected chi connectivity index (χ1v) is 13.8. The number of hydrogen-bond donors (Lipinski definition) is 2. The molecule has 2 aromatic heterocycles. The Morgan fingerprint density at radius 1 is 0.971 bits per heavy atom. The molecule has 2 amide bonds. The van der Waals surface area contributed by atoms with Gasteiger partial charge in [0.2, 0.25) is 0 Å². The van der Waals surface area contributed by atoms with Gasteiger partial charge in [0.25, 0.3) is 0 Å². The molecule has 180 valence electrons. The van der Waals surface area contributed by atoms with Crippen LogP contribution in [-0.2, 0) is 0 Å². The highest BCUT2D eigenvalue weighted by Crippen LogP contribution is 2.41. The SMILES string of the molecule is CCSc1ccnc(SCC)c1NC(=O)Nc1cnc2c(Cl)cc(C)cc2c1-c1ccccc1Cl. The van der Waals surface area contributed by atoms with Crippen LogP contribution in [0, 0.1) is 6.92 Å². The minimum Gasteiger partial charge on any atom is -0.306 e. The van der Waals surface area contributed by atoms with Crippen molar-refractivity contribution in [3.8, 4) is 11.1 Å². The molecule has 0 radical (unpaired) electrons. The number of amides is 2. The van der Waals surface area contributed by atoms with E-state index in [0.29, 0.717) is 26.9 Å². The molecule has 0 spiro atoms. The Bertz CT molecular complexity index is 1370. The number of halogens is 2. The number of aromatic nitrogens is 2. The van der Waals surface area contributed by atoms with Gasteiger partial charge < -0.3 is 10.6 Å². The second-order valence-electron chi connectivity index (χ2n) is 7.60. The number of thioether (sulfide) groups is 2. The van der Waals surface area contributed by atoms with Gasteiger partial charge in [0, 0.05) is 32.6 Å². The number of urea groups is 1. The molecule has 4 aromatic rings. The standard InChI is InChI=1S/C26H24Cl2N4OS2/c1-4-34-21-10-11-29-25(35-5-2)24(21)32-26(33)31-20-14-30-23-17(12-15(3)13-19(23)28)22(20)16-8-6-7-9-18(16)27/h6-14H,4-5H2,1-3H3,(H2,31,32,33). The third-order valence-electron chi connectivity index (χ3n) is 5.16. The molecule has 9 heteroatoms. The quantitative estimate of drug-likeness (QED) is 0.228. The van der Waals surface area contributed by atoms with E-state index in [2.05, 4.69) is 34.4 Å². The Labute approximate surface area is 223 Å². The number of pyridine rings is 2. The van der Waals surface area contributed by atoms with Crippen molar-refractivity contribution in [1.29, 1.82) is 0 Å². The van der Waals surface area contributed by atoms with E-state index in [0.717, 1.165) is 43.5 Å². The zero-order chi connectivity index (χ0) is 24.9. The first-order valence-electron chi connectivity index (χ1n) is 11.1. The number of nitrogens with one attached hydrogen (secondary N) is 2. The molecule has 0 aliphatic rings. The molecule has 0 unspecified atom stereocenters.